The van der Waals surface area contributed by atoms with Gasteiger partial charge in [0.2, 0.25) is 0 Å². The van der Waals surface area contributed by atoms with Crippen LogP contribution in [0.5, 0.6) is 0 Å². The lowest BCUT2D eigenvalue weighted by atomic mass is 10.0. The second-order valence-corrected chi connectivity index (χ2v) is 7.50. The molecule has 1 aromatic rings. The molecule has 1 heterocycles. The summed E-state index contributed by atoms with van der Waals surface area (Å²) in [6.45, 7) is 6.15. The minimum atomic E-state index is -0.804. The van der Waals surface area contributed by atoms with Gasteiger partial charge in [0, 0.05) is 6.42 Å². The Morgan fingerprint density at radius 3 is 2.44 bits per heavy atom. The molecule has 146 valence electrons. The molecule has 3 heteroatoms. The molecule has 0 amide bonds. The third-order valence-electron chi connectivity index (χ3n) is 4.66. The summed E-state index contributed by atoms with van der Waals surface area (Å²) in [6, 6.07) is 9.38. The van der Waals surface area contributed by atoms with E-state index in [9.17, 15) is 5.11 Å². The zero-order valence-electron chi connectivity index (χ0n) is 16.8. The fourth-order valence-corrected chi connectivity index (χ4v) is 3.29. The third-order valence-corrected chi connectivity index (χ3v) is 4.66. The molecule has 3 atom stereocenters. The maximum atomic E-state index is 10.0. The fourth-order valence-electron chi connectivity index (χ4n) is 3.29. The first-order valence-corrected chi connectivity index (χ1v) is 10.1. The summed E-state index contributed by atoms with van der Waals surface area (Å²) in [7, 11) is 0. The number of unbranched alkanes of at least 4 members (excludes halogenated alkanes) is 4. The number of hydrogen-bond donors (Lipinski definition) is 1. The van der Waals surface area contributed by atoms with Gasteiger partial charge in [0.25, 0.3) is 0 Å². The minimum absolute atomic E-state index is 0.0143. The summed E-state index contributed by atoms with van der Waals surface area (Å²) in [5.41, 5.74) is 0.782. The molecule has 0 spiro atoms. The molecule has 0 aliphatic carbocycles. The van der Waals surface area contributed by atoms with E-state index in [0.717, 1.165) is 18.4 Å². The molecule has 1 saturated heterocycles. The van der Waals surface area contributed by atoms with Crippen molar-refractivity contribution in [2.75, 3.05) is 0 Å². The fraction of sp³-hybridized carbons (Fsp3) is 0.583. The second-order valence-electron chi connectivity index (χ2n) is 7.50. The molecule has 1 aliphatic heterocycles. The molecule has 0 bridgehead atoms. The highest BCUT2D eigenvalue weighted by atomic mass is 16.7. The van der Waals surface area contributed by atoms with Gasteiger partial charge in [-0.1, -0.05) is 81.2 Å². The van der Waals surface area contributed by atoms with Gasteiger partial charge in [-0.25, -0.2) is 0 Å². The van der Waals surface area contributed by atoms with Crippen LogP contribution in [0.2, 0.25) is 0 Å². The summed E-state index contributed by atoms with van der Waals surface area (Å²) in [5.74, 6) is 10.9. The van der Waals surface area contributed by atoms with E-state index in [-0.39, 0.29) is 12.2 Å². The summed E-state index contributed by atoms with van der Waals surface area (Å²) >= 11 is 0. The van der Waals surface area contributed by atoms with Gasteiger partial charge in [0.05, 0.1) is 12.2 Å². The average Bonchev–Trinajstić information content (AvgIpc) is 2.95. The van der Waals surface area contributed by atoms with Gasteiger partial charge in [-0.2, -0.15) is 0 Å². The van der Waals surface area contributed by atoms with Crippen LogP contribution in [0.4, 0.5) is 0 Å². The van der Waals surface area contributed by atoms with Crippen LogP contribution in [0, 0.1) is 23.7 Å². The maximum Gasteiger partial charge on any atom is 0.163 e. The van der Waals surface area contributed by atoms with E-state index in [4.69, 9.17) is 9.47 Å². The first-order chi connectivity index (χ1) is 13.0. The molecule has 1 aliphatic rings. The van der Waals surface area contributed by atoms with E-state index >= 15 is 0 Å². The van der Waals surface area contributed by atoms with Crippen LogP contribution in [0.15, 0.2) is 30.3 Å². The average molecular weight is 369 g/mol. The van der Waals surface area contributed by atoms with Crippen molar-refractivity contribution in [3.63, 3.8) is 0 Å². The largest absolute Gasteiger partial charge is 0.376 e. The normalized spacial score (nSPS) is 21.6. The van der Waals surface area contributed by atoms with Crippen molar-refractivity contribution < 1.29 is 14.6 Å². The zero-order valence-corrected chi connectivity index (χ0v) is 16.8. The van der Waals surface area contributed by atoms with E-state index in [1.807, 2.05) is 44.2 Å². The number of rotatable bonds is 8. The quantitative estimate of drug-likeness (QED) is 0.518. The molecule has 0 unspecified atom stereocenters. The summed E-state index contributed by atoms with van der Waals surface area (Å²) in [5, 5.41) is 10.0. The van der Waals surface area contributed by atoms with Crippen LogP contribution in [0.25, 0.3) is 0 Å². The van der Waals surface area contributed by atoms with Crippen LogP contribution in [0.3, 0.4) is 0 Å². The van der Waals surface area contributed by atoms with Crippen LogP contribution < -0.4 is 0 Å². The summed E-state index contributed by atoms with van der Waals surface area (Å²) in [6.07, 6.45) is 7.14. The van der Waals surface area contributed by atoms with E-state index in [0.29, 0.717) is 6.42 Å². The number of ether oxygens (including phenoxy) is 2. The lowest BCUT2D eigenvalue weighted by Gasteiger charge is -2.16. The molecule has 0 radical (unpaired) electrons. The Bertz CT molecular complexity index is 672. The molecule has 0 aromatic heterocycles. The number of aliphatic hydroxyl groups excluding tert-OH is 1. The van der Waals surface area contributed by atoms with Crippen LogP contribution in [-0.4, -0.2) is 23.1 Å². The molecule has 27 heavy (non-hydrogen) atoms. The molecule has 3 nitrogen and oxygen atoms in total. The molecule has 1 N–H and O–H groups in total. The van der Waals surface area contributed by atoms with E-state index in [2.05, 4.69) is 30.6 Å². The Morgan fingerprint density at radius 1 is 1.00 bits per heavy atom. The van der Waals surface area contributed by atoms with Crippen molar-refractivity contribution in [1.29, 1.82) is 0 Å². The highest BCUT2D eigenvalue weighted by Gasteiger charge is 2.40. The Labute approximate surface area is 164 Å². The molecule has 0 saturated carbocycles. The van der Waals surface area contributed by atoms with E-state index in [1.165, 1.54) is 25.7 Å². The van der Waals surface area contributed by atoms with Crippen molar-refractivity contribution >= 4 is 0 Å². The lowest BCUT2D eigenvalue weighted by Crippen LogP contribution is -2.21. The van der Waals surface area contributed by atoms with Gasteiger partial charge in [0.15, 0.2) is 5.79 Å². The summed E-state index contributed by atoms with van der Waals surface area (Å²) < 4.78 is 12.1. The smallest absolute Gasteiger partial charge is 0.163 e. The standard InChI is InChI=1S/C24H32O3/c1-4-5-6-7-13-18-22-23(27-24(2,3)26-22)19-14-9-12-17-21(25)20-15-10-8-11-16-20/h8,10-11,15-16,21-23,25H,4-7,13,18-19H2,1-3H3/t21-,22+,23+/m0/s1. The van der Waals surface area contributed by atoms with Crippen LogP contribution in [0.1, 0.15) is 77.4 Å². The highest BCUT2D eigenvalue weighted by molar-refractivity contribution is 5.32. The Balaban J connectivity index is 1.82. The first-order valence-electron chi connectivity index (χ1n) is 10.1. The first kappa shape index (κ1) is 21.5. The van der Waals surface area contributed by atoms with Crippen molar-refractivity contribution in [2.24, 2.45) is 0 Å². The number of aliphatic hydroxyl groups is 1. The lowest BCUT2D eigenvalue weighted by molar-refractivity contribution is -0.146. The van der Waals surface area contributed by atoms with Crippen molar-refractivity contribution in [2.45, 2.75) is 89.8 Å². The van der Waals surface area contributed by atoms with Crippen molar-refractivity contribution in [3.8, 4) is 23.7 Å². The monoisotopic (exact) mass is 368 g/mol. The zero-order chi connectivity index (χ0) is 19.5. The SMILES string of the molecule is CCCCCCC[C@H]1OC(C)(C)O[C@@H]1CC#CC#C[C@H](O)c1ccccc1. The third kappa shape index (κ3) is 7.77. The van der Waals surface area contributed by atoms with Crippen LogP contribution in [-0.2, 0) is 9.47 Å². The topological polar surface area (TPSA) is 38.7 Å². The van der Waals surface area contributed by atoms with Gasteiger partial charge in [-0.05, 0) is 37.7 Å². The molecule has 1 aromatic carbocycles. The number of benzene rings is 1. The highest BCUT2D eigenvalue weighted by Crippen LogP contribution is 2.32. The predicted octanol–water partition coefficient (Wildman–Crippen LogP) is 5.00. The molecular formula is C24H32O3. The van der Waals surface area contributed by atoms with Gasteiger partial charge in [-0.15, -0.1) is 0 Å². The van der Waals surface area contributed by atoms with E-state index in [1.54, 1.807) is 0 Å². The molecule has 2 rings (SSSR count). The minimum Gasteiger partial charge on any atom is -0.376 e. The van der Waals surface area contributed by atoms with Gasteiger partial charge >= 0.3 is 0 Å². The van der Waals surface area contributed by atoms with E-state index < -0.39 is 11.9 Å². The van der Waals surface area contributed by atoms with Crippen molar-refractivity contribution in [3.05, 3.63) is 35.9 Å². The van der Waals surface area contributed by atoms with Gasteiger partial charge in [0.1, 0.15) is 6.10 Å². The second kappa shape index (κ2) is 11.2. The van der Waals surface area contributed by atoms with Crippen molar-refractivity contribution in [1.82, 2.24) is 0 Å². The summed E-state index contributed by atoms with van der Waals surface area (Å²) in [4.78, 5) is 0. The molecular weight excluding hydrogens is 336 g/mol. The Hall–Kier alpha value is -1.78. The maximum absolute atomic E-state index is 10.0. The predicted molar refractivity (Wildman–Crippen MR) is 109 cm³/mol. The molecule has 1 fully saturated rings. The van der Waals surface area contributed by atoms with Crippen LogP contribution >= 0.6 is 0 Å². The Morgan fingerprint density at radius 2 is 1.70 bits per heavy atom. The number of hydrogen-bond acceptors (Lipinski definition) is 3. The van der Waals surface area contributed by atoms with Gasteiger partial charge in [-0.3, -0.25) is 0 Å². The van der Waals surface area contributed by atoms with Gasteiger partial charge < -0.3 is 14.6 Å². The Kier molecular flexibility index (Phi) is 8.89.